The van der Waals surface area contributed by atoms with E-state index in [1.807, 2.05) is 60.7 Å². The highest BCUT2D eigenvalue weighted by atomic mass is 19.1. The van der Waals surface area contributed by atoms with Crippen molar-refractivity contribution < 1.29 is 13.9 Å². The van der Waals surface area contributed by atoms with Crippen LogP contribution < -0.4 is 0 Å². The summed E-state index contributed by atoms with van der Waals surface area (Å²) >= 11 is 0. The lowest BCUT2D eigenvalue weighted by atomic mass is 10.0. The van der Waals surface area contributed by atoms with Gasteiger partial charge in [-0.2, -0.15) is 0 Å². The van der Waals surface area contributed by atoms with Gasteiger partial charge >= 0.3 is 5.97 Å². The van der Waals surface area contributed by atoms with Crippen molar-refractivity contribution in [2.45, 2.75) is 38.8 Å². The molecule has 0 aliphatic rings. The summed E-state index contributed by atoms with van der Waals surface area (Å²) in [7, 11) is 0. The molecular weight excluding hydrogens is 317 g/mol. The Hall–Kier alpha value is -2.49. The van der Waals surface area contributed by atoms with Crippen LogP contribution in [-0.4, -0.2) is 30.0 Å². The SMILES string of the molecule is CC(C)(C)OC(=O)C(CCF)N=C(c1ccccc1)c1ccccc1. The number of ether oxygens (including phenoxy) is 1. The summed E-state index contributed by atoms with van der Waals surface area (Å²) in [6.07, 6.45) is -0.00190. The number of carbonyl (C=O) groups is 1. The molecule has 0 fully saturated rings. The Labute approximate surface area is 148 Å². The molecule has 0 aliphatic carbocycles. The molecule has 0 aromatic heterocycles. The van der Waals surface area contributed by atoms with Gasteiger partial charge in [0.2, 0.25) is 0 Å². The molecule has 0 amide bonds. The van der Waals surface area contributed by atoms with E-state index < -0.39 is 24.3 Å². The Morgan fingerprint density at radius 2 is 1.48 bits per heavy atom. The molecule has 132 valence electrons. The summed E-state index contributed by atoms with van der Waals surface area (Å²) in [5, 5.41) is 0. The van der Waals surface area contributed by atoms with Gasteiger partial charge in [-0.3, -0.25) is 9.38 Å². The van der Waals surface area contributed by atoms with Crippen molar-refractivity contribution in [2.24, 2.45) is 4.99 Å². The average Bonchev–Trinajstić information content (AvgIpc) is 2.58. The van der Waals surface area contributed by atoms with Gasteiger partial charge in [-0.05, 0) is 20.8 Å². The standard InChI is InChI=1S/C21H24FNO2/c1-21(2,3)25-20(24)18(14-15-22)23-19(16-10-6-4-7-11-16)17-12-8-5-9-13-17/h4-13,18H,14-15H2,1-3H3. The predicted molar refractivity (Wildman–Crippen MR) is 98.7 cm³/mol. The first-order chi connectivity index (χ1) is 11.9. The van der Waals surface area contributed by atoms with Crippen LogP contribution in [0.15, 0.2) is 65.7 Å². The molecule has 2 aromatic rings. The van der Waals surface area contributed by atoms with E-state index in [-0.39, 0.29) is 6.42 Å². The summed E-state index contributed by atoms with van der Waals surface area (Å²) in [4.78, 5) is 17.0. The van der Waals surface area contributed by atoms with Gasteiger partial charge in [0.15, 0.2) is 6.04 Å². The van der Waals surface area contributed by atoms with Gasteiger partial charge < -0.3 is 4.74 Å². The fourth-order valence-electron chi connectivity index (χ4n) is 2.37. The van der Waals surface area contributed by atoms with E-state index in [1.165, 1.54) is 0 Å². The monoisotopic (exact) mass is 341 g/mol. The Balaban J connectivity index is 2.44. The van der Waals surface area contributed by atoms with E-state index in [9.17, 15) is 9.18 Å². The van der Waals surface area contributed by atoms with Crippen LogP contribution >= 0.6 is 0 Å². The van der Waals surface area contributed by atoms with Gasteiger partial charge in [0.1, 0.15) is 5.60 Å². The molecule has 1 atom stereocenters. The highest BCUT2D eigenvalue weighted by Crippen LogP contribution is 2.16. The normalized spacial score (nSPS) is 12.3. The number of esters is 1. The number of alkyl halides is 1. The summed E-state index contributed by atoms with van der Waals surface area (Å²) in [6.45, 7) is 4.73. The molecule has 1 unspecified atom stereocenters. The number of nitrogens with zero attached hydrogens (tertiary/aromatic N) is 1. The maximum absolute atomic E-state index is 13.0. The van der Waals surface area contributed by atoms with Crippen LogP contribution in [0.4, 0.5) is 4.39 Å². The zero-order valence-corrected chi connectivity index (χ0v) is 14.9. The number of rotatable bonds is 6. The predicted octanol–water partition coefficient (Wildman–Crippen LogP) is 4.59. The van der Waals surface area contributed by atoms with E-state index in [2.05, 4.69) is 4.99 Å². The van der Waals surface area contributed by atoms with E-state index in [4.69, 9.17) is 4.74 Å². The molecule has 0 N–H and O–H groups in total. The minimum Gasteiger partial charge on any atom is -0.458 e. The number of hydrogen-bond acceptors (Lipinski definition) is 3. The smallest absolute Gasteiger partial charge is 0.331 e. The fraction of sp³-hybridized carbons (Fsp3) is 0.333. The number of halogens is 1. The average molecular weight is 341 g/mol. The van der Waals surface area contributed by atoms with Crippen molar-refractivity contribution in [1.29, 1.82) is 0 Å². The van der Waals surface area contributed by atoms with Gasteiger partial charge in [0, 0.05) is 17.5 Å². The maximum atomic E-state index is 13.0. The molecule has 0 aliphatic heterocycles. The van der Waals surface area contributed by atoms with Crippen LogP contribution in [0.1, 0.15) is 38.3 Å². The highest BCUT2D eigenvalue weighted by Gasteiger charge is 2.25. The number of aliphatic imine (C=N–C) groups is 1. The first kappa shape index (κ1) is 18.8. The Kier molecular flexibility index (Phi) is 6.45. The molecule has 0 bridgehead atoms. The second-order valence-corrected chi connectivity index (χ2v) is 6.74. The lowest BCUT2D eigenvalue weighted by Gasteiger charge is -2.22. The van der Waals surface area contributed by atoms with Gasteiger partial charge in [-0.1, -0.05) is 60.7 Å². The molecule has 0 heterocycles. The van der Waals surface area contributed by atoms with Crippen molar-refractivity contribution in [3.05, 3.63) is 71.8 Å². The largest absolute Gasteiger partial charge is 0.458 e. The topological polar surface area (TPSA) is 38.7 Å². The molecule has 4 heteroatoms. The lowest BCUT2D eigenvalue weighted by molar-refractivity contribution is -0.156. The van der Waals surface area contributed by atoms with E-state index in [0.717, 1.165) is 11.1 Å². The zero-order chi connectivity index (χ0) is 18.3. The molecule has 0 radical (unpaired) electrons. The quantitative estimate of drug-likeness (QED) is 0.569. The van der Waals surface area contributed by atoms with E-state index in [1.54, 1.807) is 20.8 Å². The summed E-state index contributed by atoms with van der Waals surface area (Å²) in [6, 6.07) is 18.3. The van der Waals surface area contributed by atoms with Crippen LogP contribution in [0.25, 0.3) is 0 Å². The molecular formula is C21H24FNO2. The summed E-state index contributed by atoms with van der Waals surface area (Å²) < 4.78 is 18.4. The molecule has 25 heavy (non-hydrogen) atoms. The molecule has 0 spiro atoms. The molecule has 0 saturated heterocycles. The van der Waals surface area contributed by atoms with Gasteiger partial charge in [0.05, 0.1) is 12.4 Å². The third-order valence-corrected chi connectivity index (χ3v) is 3.44. The Bertz CT molecular complexity index is 664. The van der Waals surface area contributed by atoms with Crippen LogP contribution in [0.5, 0.6) is 0 Å². The van der Waals surface area contributed by atoms with Crippen molar-refractivity contribution in [1.82, 2.24) is 0 Å². The van der Waals surface area contributed by atoms with E-state index >= 15 is 0 Å². The highest BCUT2D eigenvalue weighted by molar-refractivity contribution is 6.13. The second-order valence-electron chi connectivity index (χ2n) is 6.74. The zero-order valence-electron chi connectivity index (χ0n) is 14.9. The summed E-state index contributed by atoms with van der Waals surface area (Å²) in [5.74, 6) is -0.505. The Morgan fingerprint density at radius 3 is 1.88 bits per heavy atom. The van der Waals surface area contributed by atoms with Crippen LogP contribution in [0, 0.1) is 0 Å². The van der Waals surface area contributed by atoms with Crippen molar-refractivity contribution >= 4 is 11.7 Å². The van der Waals surface area contributed by atoms with Crippen LogP contribution in [-0.2, 0) is 9.53 Å². The third-order valence-electron chi connectivity index (χ3n) is 3.44. The van der Waals surface area contributed by atoms with Gasteiger partial charge in [-0.25, -0.2) is 4.79 Å². The molecule has 0 saturated carbocycles. The number of carbonyl (C=O) groups excluding carboxylic acids is 1. The van der Waals surface area contributed by atoms with Crippen LogP contribution in [0.3, 0.4) is 0 Å². The van der Waals surface area contributed by atoms with E-state index in [0.29, 0.717) is 5.71 Å². The van der Waals surface area contributed by atoms with Gasteiger partial charge in [-0.15, -0.1) is 0 Å². The minimum atomic E-state index is -0.875. The Morgan fingerprint density at radius 1 is 1.00 bits per heavy atom. The lowest BCUT2D eigenvalue weighted by Crippen LogP contribution is -2.32. The first-order valence-corrected chi connectivity index (χ1v) is 8.38. The minimum absolute atomic E-state index is 0.00190. The van der Waals surface area contributed by atoms with Gasteiger partial charge in [0.25, 0.3) is 0 Å². The first-order valence-electron chi connectivity index (χ1n) is 8.38. The number of benzene rings is 2. The fourth-order valence-corrected chi connectivity index (χ4v) is 2.37. The van der Waals surface area contributed by atoms with Crippen LogP contribution in [0.2, 0.25) is 0 Å². The third kappa shape index (κ3) is 5.82. The second kappa shape index (κ2) is 8.56. The number of hydrogen-bond donors (Lipinski definition) is 0. The maximum Gasteiger partial charge on any atom is 0.331 e. The molecule has 3 nitrogen and oxygen atoms in total. The summed E-state index contributed by atoms with van der Waals surface area (Å²) in [5.41, 5.74) is 1.77. The van der Waals surface area contributed by atoms with Crippen molar-refractivity contribution in [3.8, 4) is 0 Å². The van der Waals surface area contributed by atoms with Crippen molar-refractivity contribution in [3.63, 3.8) is 0 Å². The van der Waals surface area contributed by atoms with Crippen molar-refractivity contribution in [2.75, 3.05) is 6.67 Å². The molecule has 2 rings (SSSR count). The molecule has 2 aromatic carbocycles.